The Morgan fingerprint density at radius 2 is 2.07 bits per heavy atom. The lowest BCUT2D eigenvalue weighted by molar-refractivity contribution is 0.370. The first kappa shape index (κ1) is 17.7. The van der Waals surface area contributed by atoms with E-state index < -0.39 is 0 Å². The number of anilines is 1. The van der Waals surface area contributed by atoms with Crippen molar-refractivity contribution >= 4 is 5.82 Å². The van der Waals surface area contributed by atoms with E-state index in [0.29, 0.717) is 18.4 Å². The number of aromatic nitrogens is 3. The minimum Gasteiger partial charge on any atom is -0.424 e. The zero-order valence-electron chi connectivity index (χ0n) is 15.5. The molecule has 0 bridgehead atoms. The van der Waals surface area contributed by atoms with Gasteiger partial charge in [0, 0.05) is 37.4 Å². The highest BCUT2D eigenvalue weighted by Crippen LogP contribution is 2.29. The van der Waals surface area contributed by atoms with Crippen molar-refractivity contribution in [2.75, 3.05) is 24.5 Å². The Kier molecular flexibility index (Phi) is 5.48. The number of piperidine rings is 1. The van der Waals surface area contributed by atoms with Crippen LogP contribution in [0, 0.1) is 0 Å². The van der Waals surface area contributed by atoms with Gasteiger partial charge in [0.2, 0.25) is 11.8 Å². The Labute approximate surface area is 159 Å². The van der Waals surface area contributed by atoms with Gasteiger partial charge in [-0.2, -0.15) is 0 Å². The molecule has 0 atom stereocenters. The quantitative estimate of drug-likeness (QED) is 0.811. The van der Waals surface area contributed by atoms with E-state index in [1.54, 1.807) is 0 Å². The first-order chi connectivity index (χ1) is 13.3. The summed E-state index contributed by atoms with van der Waals surface area (Å²) in [6.45, 7) is 3.24. The Hall–Kier alpha value is -2.67. The molecule has 0 unspecified atom stereocenters. The smallest absolute Gasteiger partial charge is 0.230 e. The molecule has 7 nitrogen and oxygen atoms in total. The molecule has 4 rings (SSSR count). The van der Waals surface area contributed by atoms with Crippen LogP contribution >= 0.6 is 0 Å². The maximum Gasteiger partial charge on any atom is 0.230 e. The molecular formula is C20H26N6O. The van der Waals surface area contributed by atoms with Crippen molar-refractivity contribution in [1.82, 2.24) is 20.5 Å². The van der Waals surface area contributed by atoms with E-state index in [9.17, 15) is 0 Å². The maximum atomic E-state index is 6.01. The third-order valence-electron chi connectivity index (χ3n) is 5.23. The lowest BCUT2D eigenvalue weighted by Crippen LogP contribution is -2.33. The Balaban J connectivity index is 1.27. The summed E-state index contributed by atoms with van der Waals surface area (Å²) in [7, 11) is 0. The van der Waals surface area contributed by atoms with Crippen LogP contribution in [0.3, 0.4) is 0 Å². The number of nitrogens with zero attached hydrogens (tertiary/aromatic N) is 4. The summed E-state index contributed by atoms with van der Waals surface area (Å²) >= 11 is 0. The van der Waals surface area contributed by atoms with Crippen LogP contribution in [-0.2, 0) is 6.54 Å². The Morgan fingerprint density at radius 3 is 2.85 bits per heavy atom. The summed E-state index contributed by atoms with van der Waals surface area (Å²) in [5.74, 6) is 2.76. The molecule has 3 heterocycles. The number of nitrogens with one attached hydrogen (secondary N) is 1. The molecule has 0 spiro atoms. The molecule has 2 aliphatic rings. The number of allylic oxidation sites excluding steroid dienone is 2. The van der Waals surface area contributed by atoms with Crippen molar-refractivity contribution in [3.63, 3.8) is 0 Å². The zero-order valence-corrected chi connectivity index (χ0v) is 15.5. The fraction of sp³-hybridized carbons (Fsp3) is 0.450. The summed E-state index contributed by atoms with van der Waals surface area (Å²) < 4.78 is 5.90. The number of rotatable bonds is 6. The topological polar surface area (TPSA) is 93.1 Å². The standard InChI is InChI=1S/C20H26N6O/c21-17-6-2-1-5-16(17)13-22-14-19-24-25-20(27-19)15-8-11-26(12-9-15)18-7-3-4-10-23-18/h2-4,6-7,10,15,22H,1,5,8-9,11-14,21H2. The van der Waals surface area contributed by atoms with E-state index in [1.165, 1.54) is 5.57 Å². The fourth-order valence-corrected chi connectivity index (χ4v) is 3.64. The van der Waals surface area contributed by atoms with Crippen LogP contribution < -0.4 is 16.0 Å². The minimum absolute atomic E-state index is 0.327. The SMILES string of the molecule is NC1=C(CNCc2nnc(C3CCN(c4ccccn4)CC3)o2)CCC=C1. The fourth-order valence-electron chi connectivity index (χ4n) is 3.64. The van der Waals surface area contributed by atoms with Crippen LogP contribution in [-0.4, -0.2) is 34.8 Å². The Bertz CT molecular complexity index is 805. The second-order valence-corrected chi connectivity index (χ2v) is 7.09. The van der Waals surface area contributed by atoms with Crippen LogP contribution in [0.5, 0.6) is 0 Å². The van der Waals surface area contributed by atoms with Crippen molar-refractivity contribution < 1.29 is 4.42 Å². The monoisotopic (exact) mass is 366 g/mol. The number of nitrogens with two attached hydrogens (primary N) is 1. The van der Waals surface area contributed by atoms with Gasteiger partial charge < -0.3 is 20.4 Å². The predicted octanol–water partition coefficient (Wildman–Crippen LogP) is 2.50. The summed E-state index contributed by atoms with van der Waals surface area (Å²) in [5, 5.41) is 11.8. The summed E-state index contributed by atoms with van der Waals surface area (Å²) in [6.07, 6.45) is 10.0. The van der Waals surface area contributed by atoms with Crippen LogP contribution in [0.2, 0.25) is 0 Å². The molecule has 1 fully saturated rings. The van der Waals surface area contributed by atoms with Gasteiger partial charge >= 0.3 is 0 Å². The van der Waals surface area contributed by atoms with E-state index in [1.807, 2.05) is 24.4 Å². The van der Waals surface area contributed by atoms with Crippen molar-refractivity contribution in [2.24, 2.45) is 5.73 Å². The van der Waals surface area contributed by atoms with Crippen molar-refractivity contribution in [3.8, 4) is 0 Å². The second kappa shape index (κ2) is 8.35. The van der Waals surface area contributed by atoms with E-state index >= 15 is 0 Å². The molecule has 0 saturated carbocycles. The second-order valence-electron chi connectivity index (χ2n) is 7.09. The predicted molar refractivity (Wildman–Crippen MR) is 104 cm³/mol. The van der Waals surface area contributed by atoms with Crippen molar-refractivity contribution in [3.05, 3.63) is 59.6 Å². The molecule has 1 saturated heterocycles. The molecule has 0 amide bonds. The van der Waals surface area contributed by atoms with Gasteiger partial charge in [-0.15, -0.1) is 10.2 Å². The maximum absolute atomic E-state index is 6.01. The lowest BCUT2D eigenvalue weighted by Gasteiger charge is -2.31. The van der Waals surface area contributed by atoms with Gasteiger partial charge in [0.1, 0.15) is 5.82 Å². The van der Waals surface area contributed by atoms with Gasteiger partial charge in [-0.3, -0.25) is 0 Å². The molecule has 27 heavy (non-hydrogen) atoms. The highest BCUT2D eigenvalue weighted by atomic mass is 16.4. The van der Waals surface area contributed by atoms with E-state index in [-0.39, 0.29) is 0 Å². The van der Waals surface area contributed by atoms with Crippen molar-refractivity contribution in [1.29, 1.82) is 0 Å². The van der Waals surface area contributed by atoms with Crippen LogP contribution in [0.4, 0.5) is 5.82 Å². The largest absolute Gasteiger partial charge is 0.424 e. The highest BCUT2D eigenvalue weighted by Gasteiger charge is 2.25. The van der Waals surface area contributed by atoms with Crippen molar-refractivity contribution in [2.45, 2.75) is 38.1 Å². The average Bonchev–Trinajstić information content (AvgIpc) is 3.19. The van der Waals surface area contributed by atoms with Crippen LogP contribution in [0.25, 0.3) is 0 Å². The molecule has 1 aliphatic carbocycles. The zero-order chi connectivity index (χ0) is 18.5. The number of pyridine rings is 1. The molecule has 0 aromatic carbocycles. The van der Waals surface area contributed by atoms with Gasteiger partial charge in [0.05, 0.1) is 6.54 Å². The summed E-state index contributed by atoms with van der Waals surface area (Å²) in [4.78, 5) is 6.74. The lowest BCUT2D eigenvalue weighted by atomic mass is 9.97. The van der Waals surface area contributed by atoms with Crippen LogP contribution in [0.1, 0.15) is 43.4 Å². The third-order valence-corrected chi connectivity index (χ3v) is 5.23. The minimum atomic E-state index is 0.327. The molecule has 1 aliphatic heterocycles. The van der Waals surface area contributed by atoms with Gasteiger partial charge in [0.25, 0.3) is 0 Å². The first-order valence-electron chi connectivity index (χ1n) is 9.62. The summed E-state index contributed by atoms with van der Waals surface area (Å²) in [6, 6.07) is 6.03. The third kappa shape index (κ3) is 4.36. The van der Waals surface area contributed by atoms with Gasteiger partial charge in [-0.1, -0.05) is 12.1 Å². The van der Waals surface area contributed by atoms with E-state index in [0.717, 1.165) is 62.7 Å². The normalized spacial score (nSPS) is 18.3. The molecule has 3 N–H and O–H groups in total. The van der Waals surface area contributed by atoms with Gasteiger partial charge in [0.15, 0.2) is 0 Å². The van der Waals surface area contributed by atoms with Gasteiger partial charge in [-0.05, 0) is 49.5 Å². The first-order valence-corrected chi connectivity index (χ1v) is 9.62. The molecule has 142 valence electrons. The molecule has 7 heteroatoms. The summed E-state index contributed by atoms with van der Waals surface area (Å²) in [5.41, 5.74) is 8.13. The molecular weight excluding hydrogens is 340 g/mol. The molecule has 2 aromatic rings. The Morgan fingerprint density at radius 1 is 1.19 bits per heavy atom. The highest BCUT2D eigenvalue weighted by molar-refractivity contribution is 5.38. The number of hydrogen-bond acceptors (Lipinski definition) is 7. The van der Waals surface area contributed by atoms with E-state index in [4.69, 9.17) is 10.2 Å². The molecule has 2 aromatic heterocycles. The number of hydrogen-bond donors (Lipinski definition) is 2. The van der Waals surface area contributed by atoms with E-state index in [2.05, 4.69) is 37.5 Å². The average molecular weight is 366 g/mol. The molecule has 0 radical (unpaired) electrons. The van der Waals surface area contributed by atoms with Gasteiger partial charge in [-0.25, -0.2) is 4.98 Å². The van der Waals surface area contributed by atoms with Crippen LogP contribution in [0.15, 0.2) is 52.2 Å².